The molecule has 1 rings (SSSR count). The largest absolute Gasteiger partial charge is 0.314 e. The maximum Gasteiger partial charge on any atom is 0.175 e. The summed E-state index contributed by atoms with van der Waals surface area (Å²) in [6, 6.07) is 0.631. The van der Waals surface area contributed by atoms with Crippen molar-refractivity contribution in [2.24, 2.45) is 0 Å². The van der Waals surface area contributed by atoms with E-state index in [0.29, 0.717) is 6.04 Å². The Morgan fingerprint density at radius 1 is 1.35 bits per heavy atom. The van der Waals surface area contributed by atoms with Gasteiger partial charge in [0.25, 0.3) is 0 Å². The second kappa shape index (κ2) is 9.19. The lowest BCUT2D eigenvalue weighted by atomic mass is 10.2. The molecule has 0 fully saturated rings. The molecule has 0 aliphatic rings. The minimum atomic E-state index is 0.631. The van der Waals surface area contributed by atoms with Gasteiger partial charge in [-0.3, -0.25) is 0 Å². The molecule has 0 saturated heterocycles. The molecule has 1 aromatic heterocycles. The van der Waals surface area contributed by atoms with Gasteiger partial charge in [0.1, 0.15) is 0 Å². The van der Waals surface area contributed by atoms with E-state index in [2.05, 4.69) is 29.4 Å². The summed E-state index contributed by atoms with van der Waals surface area (Å²) < 4.78 is 2.16. The van der Waals surface area contributed by atoms with E-state index in [9.17, 15) is 0 Å². The molecule has 17 heavy (non-hydrogen) atoms. The second-order valence-electron chi connectivity index (χ2n) is 3.88. The lowest BCUT2D eigenvalue weighted by Crippen LogP contribution is -2.26. The Labute approximate surface area is 117 Å². The Morgan fingerprint density at radius 2 is 2.12 bits per heavy atom. The van der Waals surface area contributed by atoms with Gasteiger partial charge in [0, 0.05) is 11.8 Å². The van der Waals surface area contributed by atoms with E-state index in [-0.39, 0.29) is 0 Å². The topological polar surface area (TPSA) is 37.8 Å². The minimum absolute atomic E-state index is 0.631. The highest BCUT2D eigenvalue weighted by molar-refractivity contribution is 8.02. The second-order valence-corrected chi connectivity index (χ2v) is 7.26. The minimum Gasteiger partial charge on any atom is -0.314 e. The van der Waals surface area contributed by atoms with Gasteiger partial charge in [-0.15, -0.1) is 10.2 Å². The lowest BCUT2D eigenvalue weighted by molar-refractivity contribution is 0.510. The van der Waals surface area contributed by atoms with Gasteiger partial charge in [-0.1, -0.05) is 41.8 Å². The summed E-state index contributed by atoms with van der Waals surface area (Å²) in [6.45, 7) is 5.59. The van der Waals surface area contributed by atoms with Crippen LogP contribution in [0.5, 0.6) is 0 Å². The first-order valence-electron chi connectivity index (χ1n) is 6.00. The Hall–Kier alpha value is 0.220. The molecule has 0 amide bonds. The molecule has 0 aliphatic heterocycles. The van der Waals surface area contributed by atoms with Gasteiger partial charge < -0.3 is 5.32 Å². The van der Waals surface area contributed by atoms with Crippen LogP contribution in [0.4, 0.5) is 0 Å². The van der Waals surface area contributed by atoms with E-state index < -0.39 is 0 Å². The number of nitrogens with one attached hydrogen (secondary N) is 1. The van der Waals surface area contributed by atoms with E-state index in [4.69, 9.17) is 0 Å². The van der Waals surface area contributed by atoms with Crippen LogP contribution in [-0.2, 0) is 0 Å². The first kappa shape index (κ1) is 15.3. The van der Waals surface area contributed by atoms with Crippen LogP contribution in [0.1, 0.15) is 33.1 Å². The lowest BCUT2D eigenvalue weighted by Gasteiger charge is -2.11. The van der Waals surface area contributed by atoms with Crippen LogP contribution >= 0.6 is 34.9 Å². The zero-order chi connectivity index (χ0) is 12.5. The van der Waals surface area contributed by atoms with Crippen LogP contribution in [0.25, 0.3) is 0 Å². The number of hydrogen-bond donors (Lipinski definition) is 1. The summed E-state index contributed by atoms with van der Waals surface area (Å²) in [6.07, 6.45) is 5.72. The molecule has 0 aliphatic carbocycles. The van der Waals surface area contributed by atoms with Gasteiger partial charge in [-0.25, -0.2) is 0 Å². The van der Waals surface area contributed by atoms with E-state index in [1.165, 1.54) is 19.3 Å². The van der Waals surface area contributed by atoms with Crippen LogP contribution in [-0.4, -0.2) is 34.8 Å². The summed E-state index contributed by atoms with van der Waals surface area (Å²) in [7, 11) is 0. The molecule has 0 bridgehead atoms. The molecule has 1 atom stereocenters. The number of thioether (sulfide) groups is 2. The number of rotatable bonds is 9. The zero-order valence-corrected chi connectivity index (χ0v) is 13.2. The van der Waals surface area contributed by atoms with Crippen molar-refractivity contribution in [3.8, 4) is 0 Å². The molecule has 0 radical (unpaired) electrons. The number of nitrogens with zero attached hydrogens (tertiary/aromatic N) is 2. The summed E-state index contributed by atoms with van der Waals surface area (Å²) in [5.74, 6) is 1.14. The summed E-state index contributed by atoms with van der Waals surface area (Å²) in [4.78, 5) is 0. The fourth-order valence-corrected chi connectivity index (χ4v) is 3.85. The van der Waals surface area contributed by atoms with Crippen LogP contribution < -0.4 is 5.32 Å². The summed E-state index contributed by atoms with van der Waals surface area (Å²) in [5, 5.41) is 11.7. The third-order valence-electron chi connectivity index (χ3n) is 2.31. The predicted octanol–water partition coefficient (Wildman–Crippen LogP) is 3.52. The van der Waals surface area contributed by atoms with Gasteiger partial charge in [0.2, 0.25) is 0 Å². The molecule has 1 aromatic rings. The fourth-order valence-electron chi connectivity index (χ4n) is 1.38. The maximum absolute atomic E-state index is 4.15. The van der Waals surface area contributed by atoms with Gasteiger partial charge in [-0.2, -0.15) is 0 Å². The summed E-state index contributed by atoms with van der Waals surface area (Å²) in [5.41, 5.74) is 0. The van der Waals surface area contributed by atoms with Crippen molar-refractivity contribution in [1.29, 1.82) is 0 Å². The summed E-state index contributed by atoms with van der Waals surface area (Å²) >= 11 is 5.18. The van der Waals surface area contributed by atoms with Crippen molar-refractivity contribution >= 4 is 34.9 Å². The average Bonchev–Trinajstić information content (AvgIpc) is 2.80. The van der Waals surface area contributed by atoms with Crippen LogP contribution in [0, 0.1) is 0 Å². The molecule has 0 spiro atoms. The normalized spacial score (nSPS) is 12.9. The predicted molar refractivity (Wildman–Crippen MR) is 79.4 cm³/mol. The monoisotopic (exact) mass is 291 g/mol. The van der Waals surface area contributed by atoms with E-state index >= 15 is 0 Å². The van der Waals surface area contributed by atoms with E-state index in [0.717, 1.165) is 21.0 Å². The van der Waals surface area contributed by atoms with Crippen molar-refractivity contribution in [2.45, 2.75) is 47.8 Å². The molecule has 1 N–H and O–H groups in total. The molecule has 98 valence electrons. The highest BCUT2D eigenvalue weighted by atomic mass is 32.2. The smallest absolute Gasteiger partial charge is 0.175 e. The number of hydrogen-bond acceptors (Lipinski definition) is 6. The Bertz CT molecular complexity index is 304. The molecular formula is C11H21N3S3. The highest BCUT2D eigenvalue weighted by Gasteiger charge is 2.04. The van der Waals surface area contributed by atoms with Crippen molar-refractivity contribution in [2.75, 3.05) is 18.6 Å². The van der Waals surface area contributed by atoms with E-state index in [1.807, 2.05) is 18.0 Å². The van der Waals surface area contributed by atoms with Gasteiger partial charge in [0.05, 0.1) is 0 Å². The molecule has 1 unspecified atom stereocenters. The standard InChI is InChI=1S/C11H21N3S3/c1-4-7-12-9(2)6-5-8-16-11-14-13-10(15-3)17-11/h9,12H,4-8H2,1-3H3. The first-order chi connectivity index (χ1) is 8.26. The zero-order valence-electron chi connectivity index (χ0n) is 10.7. The SMILES string of the molecule is CCCNC(C)CCCSc1nnc(SC)s1. The van der Waals surface area contributed by atoms with Crippen LogP contribution in [0.15, 0.2) is 8.68 Å². The molecular weight excluding hydrogens is 270 g/mol. The van der Waals surface area contributed by atoms with Crippen molar-refractivity contribution in [1.82, 2.24) is 15.5 Å². The molecule has 0 saturated carbocycles. The average molecular weight is 292 g/mol. The Morgan fingerprint density at radius 3 is 2.76 bits per heavy atom. The van der Waals surface area contributed by atoms with Gasteiger partial charge in [-0.05, 0) is 39.0 Å². The molecule has 6 heteroatoms. The molecule has 3 nitrogen and oxygen atoms in total. The van der Waals surface area contributed by atoms with Crippen molar-refractivity contribution in [3.05, 3.63) is 0 Å². The third-order valence-corrected chi connectivity index (χ3v) is 5.43. The third kappa shape index (κ3) is 6.64. The highest BCUT2D eigenvalue weighted by Crippen LogP contribution is 2.27. The number of aromatic nitrogens is 2. The molecule has 0 aromatic carbocycles. The van der Waals surface area contributed by atoms with Crippen molar-refractivity contribution in [3.63, 3.8) is 0 Å². The quantitative estimate of drug-likeness (QED) is 0.556. The fraction of sp³-hybridized carbons (Fsp3) is 0.818. The Balaban J connectivity index is 2.07. The van der Waals surface area contributed by atoms with Crippen LogP contribution in [0.3, 0.4) is 0 Å². The first-order valence-corrected chi connectivity index (χ1v) is 9.02. The van der Waals surface area contributed by atoms with Crippen LogP contribution in [0.2, 0.25) is 0 Å². The van der Waals surface area contributed by atoms with Crippen molar-refractivity contribution < 1.29 is 0 Å². The Kier molecular flexibility index (Phi) is 8.26. The maximum atomic E-state index is 4.15. The van der Waals surface area contributed by atoms with Gasteiger partial charge in [0.15, 0.2) is 8.68 Å². The van der Waals surface area contributed by atoms with Gasteiger partial charge >= 0.3 is 0 Å². The van der Waals surface area contributed by atoms with E-state index in [1.54, 1.807) is 23.1 Å². The molecule has 1 heterocycles.